The highest BCUT2D eigenvalue weighted by Crippen LogP contribution is 2.33. The van der Waals surface area contributed by atoms with Crippen molar-refractivity contribution in [1.29, 1.82) is 0 Å². The first-order valence-corrected chi connectivity index (χ1v) is 3.98. The Balaban J connectivity index is 3.40. The van der Waals surface area contributed by atoms with Crippen molar-refractivity contribution in [1.82, 2.24) is 4.98 Å². The van der Waals surface area contributed by atoms with Gasteiger partial charge in [-0.25, -0.2) is 4.98 Å². The maximum absolute atomic E-state index is 10.7. The molecule has 1 aromatic heterocycles. The van der Waals surface area contributed by atoms with Crippen LogP contribution >= 0.6 is 0 Å². The van der Waals surface area contributed by atoms with E-state index in [1.165, 1.54) is 13.2 Å². The topological polar surface area (TPSA) is 77.3 Å². The molecule has 1 aromatic rings. The van der Waals surface area contributed by atoms with Crippen molar-refractivity contribution in [2.45, 2.75) is 6.92 Å². The van der Waals surface area contributed by atoms with Gasteiger partial charge in [0, 0.05) is 18.8 Å². The Kier molecular flexibility index (Phi) is 2.85. The van der Waals surface area contributed by atoms with E-state index in [0.29, 0.717) is 5.69 Å². The number of nitrogens with one attached hydrogen (secondary N) is 1. The van der Waals surface area contributed by atoms with Gasteiger partial charge in [-0.3, -0.25) is 10.1 Å². The molecule has 0 saturated carbocycles. The number of anilines is 1. The fraction of sp³-hybridized carbons (Fsp3) is 0.375. The molecule has 0 aliphatic carbocycles. The predicted molar refractivity (Wildman–Crippen MR) is 51.7 cm³/mol. The van der Waals surface area contributed by atoms with Crippen LogP contribution in [-0.2, 0) is 0 Å². The number of pyridine rings is 1. The molecular weight excluding hydrogens is 186 g/mol. The highest BCUT2D eigenvalue weighted by Gasteiger charge is 2.22. The highest BCUT2D eigenvalue weighted by atomic mass is 16.6. The normalized spacial score (nSPS) is 9.64. The summed E-state index contributed by atoms with van der Waals surface area (Å²) in [7, 11) is 2.97. The minimum atomic E-state index is -0.517. The van der Waals surface area contributed by atoms with E-state index in [9.17, 15) is 10.1 Å². The number of aryl methyl sites for hydroxylation is 1. The molecule has 0 amide bonds. The van der Waals surface area contributed by atoms with E-state index in [4.69, 9.17) is 4.74 Å². The van der Waals surface area contributed by atoms with Crippen LogP contribution in [0.15, 0.2) is 6.07 Å². The molecular formula is C8H11N3O3. The summed E-state index contributed by atoms with van der Waals surface area (Å²) in [6.07, 6.45) is 0. The van der Waals surface area contributed by atoms with Gasteiger partial charge in [-0.05, 0) is 6.92 Å². The molecule has 0 aliphatic heterocycles. The molecule has 14 heavy (non-hydrogen) atoms. The second kappa shape index (κ2) is 3.91. The standard InChI is InChI=1S/C8H11N3O3/c1-5-4-6(14-3)7(11(12)13)8(9-2)10-5/h4H,1-3H3,(H,9,10). The third kappa shape index (κ3) is 1.73. The molecule has 0 unspecified atom stereocenters. The Labute approximate surface area is 81.1 Å². The lowest BCUT2D eigenvalue weighted by molar-refractivity contribution is -0.385. The van der Waals surface area contributed by atoms with Crippen LogP contribution in [0.5, 0.6) is 5.75 Å². The van der Waals surface area contributed by atoms with Crippen molar-refractivity contribution in [3.8, 4) is 5.75 Å². The maximum Gasteiger partial charge on any atom is 0.352 e. The Bertz CT molecular complexity index is 340. The summed E-state index contributed by atoms with van der Waals surface area (Å²) in [4.78, 5) is 14.2. The smallest absolute Gasteiger partial charge is 0.352 e. The Morgan fingerprint density at radius 2 is 2.29 bits per heavy atom. The Morgan fingerprint density at radius 1 is 1.64 bits per heavy atom. The molecule has 1 heterocycles. The van der Waals surface area contributed by atoms with E-state index in [0.717, 1.165) is 0 Å². The molecule has 0 bridgehead atoms. The monoisotopic (exact) mass is 197 g/mol. The van der Waals surface area contributed by atoms with Crippen LogP contribution in [0.25, 0.3) is 0 Å². The van der Waals surface area contributed by atoms with E-state index in [-0.39, 0.29) is 17.3 Å². The summed E-state index contributed by atoms with van der Waals surface area (Å²) in [5.41, 5.74) is 0.525. The number of hydrogen-bond acceptors (Lipinski definition) is 5. The number of methoxy groups -OCH3 is 1. The fourth-order valence-corrected chi connectivity index (χ4v) is 1.14. The zero-order valence-electron chi connectivity index (χ0n) is 8.20. The number of aromatic nitrogens is 1. The average Bonchev–Trinajstić information content (AvgIpc) is 2.15. The number of ether oxygens (including phenoxy) is 1. The van der Waals surface area contributed by atoms with Gasteiger partial charge in [0.25, 0.3) is 0 Å². The minimum absolute atomic E-state index is 0.138. The average molecular weight is 197 g/mol. The molecule has 0 spiro atoms. The minimum Gasteiger partial charge on any atom is -0.490 e. The number of rotatable bonds is 3. The fourth-order valence-electron chi connectivity index (χ4n) is 1.14. The number of nitrogens with zero attached hydrogens (tertiary/aromatic N) is 2. The van der Waals surface area contributed by atoms with Crippen LogP contribution in [-0.4, -0.2) is 24.1 Å². The SMILES string of the molecule is CNc1nc(C)cc(OC)c1[N+](=O)[O-]. The summed E-state index contributed by atoms with van der Waals surface area (Å²) < 4.78 is 4.91. The van der Waals surface area contributed by atoms with Crippen LogP contribution in [0.1, 0.15) is 5.69 Å². The third-order valence-corrected chi connectivity index (χ3v) is 1.73. The molecule has 1 rings (SSSR count). The van der Waals surface area contributed by atoms with Crippen LogP contribution in [0.2, 0.25) is 0 Å². The summed E-state index contributed by atoms with van der Waals surface area (Å²) in [6, 6.07) is 1.53. The molecule has 6 nitrogen and oxygen atoms in total. The Hall–Kier alpha value is -1.85. The lowest BCUT2D eigenvalue weighted by Gasteiger charge is -2.06. The molecule has 1 N–H and O–H groups in total. The summed E-state index contributed by atoms with van der Waals surface area (Å²) in [5, 5.41) is 13.4. The molecule has 6 heteroatoms. The quantitative estimate of drug-likeness (QED) is 0.584. The van der Waals surface area contributed by atoms with E-state index in [2.05, 4.69) is 10.3 Å². The maximum atomic E-state index is 10.7. The van der Waals surface area contributed by atoms with Gasteiger partial charge in [-0.2, -0.15) is 0 Å². The largest absolute Gasteiger partial charge is 0.490 e. The summed E-state index contributed by atoms with van der Waals surface area (Å²) in [6.45, 7) is 1.74. The highest BCUT2D eigenvalue weighted by molar-refractivity contribution is 5.64. The van der Waals surface area contributed by atoms with Gasteiger partial charge in [0.15, 0.2) is 0 Å². The number of nitro groups is 1. The van der Waals surface area contributed by atoms with Crippen molar-refractivity contribution >= 4 is 11.5 Å². The van der Waals surface area contributed by atoms with E-state index >= 15 is 0 Å². The van der Waals surface area contributed by atoms with Crippen LogP contribution < -0.4 is 10.1 Å². The molecule has 0 fully saturated rings. The van der Waals surface area contributed by atoms with Crippen molar-refractivity contribution in [2.24, 2.45) is 0 Å². The van der Waals surface area contributed by atoms with E-state index < -0.39 is 4.92 Å². The van der Waals surface area contributed by atoms with Gasteiger partial charge < -0.3 is 10.1 Å². The molecule has 0 radical (unpaired) electrons. The second-order valence-electron chi connectivity index (χ2n) is 2.67. The zero-order chi connectivity index (χ0) is 10.7. The first-order chi connectivity index (χ1) is 6.60. The van der Waals surface area contributed by atoms with E-state index in [1.807, 2.05) is 0 Å². The van der Waals surface area contributed by atoms with Gasteiger partial charge in [0.2, 0.25) is 11.6 Å². The van der Waals surface area contributed by atoms with Gasteiger partial charge in [0.05, 0.1) is 12.0 Å². The lowest BCUT2D eigenvalue weighted by Crippen LogP contribution is -2.03. The number of hydrogen-bond donors (Lipinski definition) is 1. The van der Waals surface area contributed by atoms with Crippen molar-refractivity contribution in [3.63, 3.8) is 0 Å². The van der Waals surface area contributed by atoms with E-state index in [1.54, 1.807) is 14.0 Å². The summed E-state index contributed by atoms with van der Waals surface area (Å²) >= 11 is 0. The van der Waals surface area contributed by atoms with Crippen LogP contribution in [0.4, 0.5) is 11.5 Å². The van der Waals surface area contributed by atoms with Crippen molar-refractivity contribution in [2.75, 3.05) is 19.5 Å². The van der Waals surface area contributed by atoms with Crippen LogP contribution in [0.3, 0.4) is 0 Å². The predicted octanol–water partition coefficient (Wildman–Crippen LogP) is 1.35. The first-order valence-electron chi connectivity index (χ1n) is 3.98. The molecule has 0 aromatic carbocycles. The summed E-state index contributed by atoms with van der Waals surface area (Å²) in [5.74, 6) is 0.429. The molecule has 76 valence electrons. The van der Waals surface area contributed by atoms with Gasteiger partial charge in [0.1, 0.15) is 0 Å². The molecule has 0 saturated heterocycles. The first kappa shape index (κ1) is 10.2. The zero-order valence-corrected chi connectivity index (χ0v) is 8.20. The third-order valence-electron chi connectivity index (χ3n) is 1.73. The van der Waals surface area contributed by atoms with Crippen LogP contribution in [0, 0.1) is 17.0 Å². The van der Waals surface area contributed by atoms with Crippen molar-refractivity contribution in [3.05, 3.63) is 21.9 Å². The Morgan fingerprint density at radius 3 is 2.71 bits per heavy atom. The van der Waals surface area contributed by atoms with Gasteiger partial charge >= 0.3 is 5.69 Å². The van der Waals surface area contributed by atoms with Gasteiger partial charge in [-0.1, -0.05) is 0 Å². The van der Waals surface area contributed by atoms with Crippen molar-refractivity contribution < 1.29 is 9.66 Å². The van der Waals surface area contributed by atoms with Gasteiger partial charge in [-0.15, -0.1) is 0 Å². The second-order valence-corrected chi connectivity index (χ2v) is 2.67. The molecule has 0 atom stereocenters. The molecule has 0 aliphatic rings. The lowest BCUT2D eigenvalue weighted by atomic mass is 10.3.